The maximum absolute atomic E-state index is 10.4. The molecule has 0 unspecified atom stereocenters. The fourth-order valence-electron chi connectivity index (χ4n) is 0.813. The normalized spacial score (nSPS) is 8.45. The minimum atomic E-state index is -0.863. The van der Waals surface area contributed by atoms with Gasteiger partial charge in [0.05, 0.1) is 5.56 Å². The number of carboxylic acid groups (broad SMARTS) is 1. The summed E-state index contributed by atoms with van der Waals surface area (Å²) >= 11 is 0. The van der Waals surface area contributed by atoms with Gasteiger partial charge in [-0.25, -0.2) is 4.79 Å². The molecule has 0 atom stereocenters. The maximum atomic E-state index is 10.4. The second-order valence-electron chi connectivity index (χ2n) is 2.12. The Morgan fingerprint density at radius 3 is 2.27 bits per heavy atom. The third-order valence-corrected chi connectivity index (χ3v) is 1.38. The number of rotatable bonds is 1. The van der Waals surface area contributed by atoms with Crippen LogP contribution in [0.3, 0.4) is 0 Å². The Bertz CT molecular complexity index is 258. The Morgan fingerprint density at radius 2 is 1.91 bits per heavy atom. The van der Waals surface area contributed by atoms with E-state index in [0.717, 1.165) is 5.56 Å². The molecule has 1 N–H and O–H groups in total. The van der Waals surface area contributed by atoms with E-state index in [2.05, 4.69) is 0 Å². The van der Waals surface area contributed by atoms with Gasteiger partial charge in [0.15, 0.2) is 0 Å². The van der Waals surface area contributed by atoms with Crippen molar-refractivity contribution < 1.29 is 37.2 Å². The van der Waals surface area contributed by atoms with Gasteiger partial charge in [-0.15, -0.1) is 0 Å². The summed E-state index contributed by atoms with van der Waals surface area (Å²) in [6, 6.07) is 6.92. The van der Waals surface area contributed by atoms with Crippen LogP contribution in [0.4, 0.5) is 0 Å². The van der Waals surface area contributed by atoms with Crippen LogP contribution in [0.15, 0.2) is 24.3 Å². The summed E-state index contributed by atoms with van der Waals surface area (Å²) in [6.07, 6.45) is 0. The first-order valence-corrected chi connectivity index (χ1v) is 3.01. The number of hydrogen-bond acceptors (Lipinski definition) is 1. The van der Waals surface area contributed by atoms with Crippen molar-refractivity contribution in [3.8, 4) is 0 Å². The smallest absolute Gasteiger partial charge is 0.335 e. The zero-order valence-electron chi connectivity index (χ0n) is 6.37. The zero-order chi connectivity index (χ0) is 7.56. The number of carboxylic acids is 1. The van der Waals surface area contributed by atoms with Crippen molar-refractivity contribution in [1.29, 1.82) is 0 Å². The van der Waals surface area contributed by atoms with E-state index < -0.39 is 5.97 Å². The molecule has 0 aliphatic heterocycles. The third kappa shape index (κ3) is 2.61. The van der Waals surface area contributed by atoms with Crippen LogP contribution in [-0.4, -0.2) is 11.1 Å². The molecule has 0 aliphatic carbocycles. The first-order valence-electron chi connectivity index (χ1n) is 3.01. The maximum Gasteiger partial charge on any atom is 0.335 e. The summed E-state index contributed by atoms with van der Waals surface area (Å²) in [5, 5.41) is 8.57. The minimum Gasteiger partial charge on any atom is -0.478 e. The second-order valence-corrected chi connectivity index (χ2v) is 2.12. The first-order chi connectivity index (χ1) is 4.72. The van der Waals surface area contributed by atoms with Gasteiger partial charge < -0.3 is 5.11 Å². The van der Waals surface area contributed by atoms with Gasteiger partial charge in [0.25, 0.3) is 0 Å². The van der Waals surface area contributed by atoms with Crippen LogP contribution in [0.2, 0.25) is 0 Å². The minimum absolute atomic E-state index is 0. The zero-order valence-corrected chi connectivity index (χ0v) is 10.4. The van der Waals surface area contributed by atoms with Crippen molar-refractivity contribution in [3.05, 3.63) is 35.4 Å². The summed E-state index contributed by atoms with van der Waals surface area (Å²) in [7, 11) is 0. The molecular formula is C8H8CdO2. The predicted octanol–water partition coefficient (Wildman–Crippen LogP) is 1.69. The molecule has 0 aromatic heterocycles. The summed E-state index contributed by atoms with van der Waals surface area (Å²) in [5.74, 6) is -0.863. The molecule has 0 aliphatic rings. The molecule has 1 rings (SSSR count). The van der Waals surface area contributed by atoms with Crippen molar-refractivity contribution in [3.63, 3.8) is 0 Å². The van der Waals surface area contributed by atoms with Gasteiger partial charge in [0.1, 0.15) is 0 Å². The molecule has 1 aromatic rings. The number of benzene rings is 1. The Kier molecular flexibility index (Phi) is 4.32. The van der Waals surface area contributed by atoms with Gasteiger partial charge in [0, 0.05) is 27.3 Å². The molecule has 3 heteroatoms. The first kappa shape index (κ1) is 10.6. The summed E-state index contributed by atoms with van der Waals surface area (Å²) < 4.78 is 0. The Labute approximate surface area is 85.4 Å². The van der Waals surface area contributed by atoms with E-state index in [1.165, 1.54) is 0 Å². The number of hydrogen-bond donors (Lipinski definition) is 1. The van der Waals surface area contributed by atoms with Gasteiger partial charge >= 0.3 is 5.97 Å². The molecule has 0 spiro atoms. The quantitative estimate of drug-likeness (QED) is 0.768. The third-order valence-electron chi connectivity index (χ3n) is 1.38. The van der Waals surface area contributed by atoms with E-state index in [0.29, 0.717) is 5.56 Å². The SMILES string of the molecule is Cc1ccccc1C(=O)O.[Cd]. The molecule has 0 radical (unpaired) electrons. The molecule has 0 amide bonds. The summed E-state index contributed by atoms with van der Waals surface area (Å²) in [5.41, 5.74) is 1.18. The van der Waals surface area contributed by atoms with Gasteiger partial charge in [0.2, 0.25) is 0 Å². The fourth-order valence-corrected chi connectivity index (χ4v) is 0.813. The molecule has 54 valence electrons. The van der Waals surface area contributed by atoms with Crippen molar-refractivity contribution >= 4 is 5.97 Å². The Balaban J connectivity index is 0.000001000. The van der Waals surface area contributed by atoms with E-state index in [1.807, 2.05) is 6.07 Å². The van der Waals surface area contributed by atoms with E-state index >= 15 is 0 Å². The van der Waals surface area contributed by atoms with Crippen molar-refractivity contribution in [1.82, 2.24) is 0 Å². The number of aryl methyl sites for hydroxylation is 1. The Morgan fingerprint density at radius 1 is 1.36 bits per heavy atom. The van der Waals surface area contributed by atoms with Crippen LogP contribution in [0.25, 0.3) is 0 Å². The topological polar surface area (TPSA) is 37.3 Å². The van der Waals surface area contributed by atoms with E-state index in [4.69, 9.17) is 5.11 Å². The molecule has 11 heavy (non-hydrogen) atoms. The van der Waals surface area contributed by atoms with Crippen molar-refractivity contribution in [2.45, 2.75) is 6.92 Å². The van der Waals surface area contributed by atoms with Crippen LogP contribution in [0.5, 0.6) is 0 Å². The fraction of sp³-hybridized carbons (Fsp3) is 0.125. The van der Waals surface area contributed by atoms with Crippen molar-refractivity contribution in [2.24, 2.45) is 0 Å². The molecule has 2 nitrogen and oxygen atoms in total. The van der Waals surface area contributed by atoms with E-state index in [9.17, 15) is 4.79 Å². The molecule has 0 fully saturated rings. The molecule has 0 heterocycles. The monoisotopic (exact) mass is 250 g/mol. The standard InChI is InChI=1S/C8H8O2.Cd/c1-6-4-2-3-5-7(6)8(9)10;/h2-5H,1H3,(H,9,10);. The van der Waals surface area contributed by atoms with Crippen LogP contribution in [0.1, 0.15) is 15.9 Å². The molecule has 0 bridgehead atoms. The van der Waals surface area contributed by atoms with Gasteiger partial charge in [-0.05, 0) is 18.6 Å². The van der Waals surface area contributed by atoms with Crippen molar-refractivity contribution in [2.75, 3.05) is 0 Å². The Hall–Kier alpha value is -0.388. The van der Waals surface area contributed by atoms with Gasteiger partial charge in [-0.3, -0.25) is 0 Å². The molecular weight excluding hydrogens is 240 g/mol. The molecule has 0 saturated carbocycles. The average molecular weight is 249 g/mol. The average Bonchev–Trinajstić information content (AvgIpc) is 1.88. The molecule has 0 saturated heterocycles. The number of carbonyl (C=O) groups is 1. The van der Waals surface area contributed by atoms with E-state index in [1.54, 1.807) is 25.1 Å². The number of aromatic carboxylic acids is 1. The van der Waals surface area contributed by atoms with E-state index in [-0.39, 0.29) is 27.3 Å². The molecule has 1 aromatic carbocycles. The summed E-state index contributed by atoms with van der Waals surface area (Å²) in [4.78, 5) is 10.4. The second kappa shape index (κ2) is 4.48. The van der Waals surface area contributed by atoms with Crippen LogP contribution in [0, 0.1) is 6.92 Å². The van der Waals surface area contributed by atoms with Crippen LogP contribution < -0.4 is 0 Å². The largest absolute Gasteiger partial charge is 0.478 e. The predicted molar refractivity (Wildman–Crippen MR) is 38.1 cm³/mol. The summed E-state index contributed by atoms with van der Waals surface area (Å²) in [6.45, 7) is 1.78. The van der Waals surface area contributed by atoms with Crippen LogP contribution >= 0.6 is 0 Å². The van der Waals surface area contributed by atoms with Crippen LogP contribution in [-0.2, 0) is 27.3 Å². The van der Waals surface area contributed by atoms with Gasteiger partial charge in [-0.1, -0.05) is 18.2 Å². The van der Waals surface area contributed by atoms with Gasteiger partial charge in [-0.2, -0.15) is 0 Å².